The third-order valence-corrected chi connectivity index (χ3v) is 4.17. The Labute approximate surface area is 146 Å². The van der Waals surface area contributed by atoms with Gasteiger partial charge in [0.25, 0.3) is 0 Å². The van der Waals surface area contributed by atoms with Gasteiger partial charge in [-0.05, 0) is 24.5 Å². The summed E-state index contributed by atoms with van der Waals surface area (Å²) in [5.41, 5.74) is 3.31. The molecule has 0 spiro atoms. The van der Waals surface area contributed by atoms with E-state index in [2.05, 4.69) is 34.5 Å². The summed E-state index contributed by atoms with van der Waals surface area (Å²) in [7, 11) is 1.59. The lowest BCUT2D eigenvalue weighted by Gasteiger charge is -2.29. The molecule has 0 amide bonds. The molecule has 0 fully saturated rings. The number of hydrogen-bond acceptors (Lipinski definition) is 6. The summed E-state index contributed by atoms with van der Waals surface area (Å²) in [6.45, 7) is 4.45. The molecule has 1 aliphatic rings. The first kappa shape index (κ1) is 17.2. The average Bonchev–Trinajstić information content (AvgIpc) is 3.09. The number of hydrogen-bond donors (Lipinski definition) is 1. The summed E-state index contributed by atoms with van der Waals surface area (Å²) in [6.07, 6.45) is 2.42. The first-order valence-corrected chi connectivity index (χ1v) is 8.34. The summed E-state index contributed by atoms with van der Waals surface area (Å²) < 4.78 is 12.3. The van der Waals surface area contributed by atoms with E-state index < -0.39 is 6.04 Å². The highest BCUT2D eigenvalue weighted by molar-refractivity contribution is 5.92. The van der Waals surface area contributed by atoms with E-state index in [0.717, 1.165) is 12.0 Å². The number of carbonyl (C=O) groups is 1. The standard InChI is InChI=1S/C18H22N4O3/c1-4-12-6-8-13(9-7-12)16-15(17(23)25-5-2)14(10-24-3)21-18-19-11-20-22(16)18/h6-9,11,16H,4-5,10H2,1-3H3,(H,19,20,21). The van der Waals surface area contributed by atoms with Crippen molar-refractivity contribution in [2.45, 2.75) is 26.3 Å². The third-order valence-electron chi connectivity index (χ3n) is 4.17. The van der Waals surface area contributed by atoms with E-state index in [9.17, 15) is 4.79 Å². The van der Waals surface area contributed by atoms with Crippen LogP contribution in [0.1, 0.15) is 31.0 Å². The minimum Gasteiger partial charge on any atom is -0.463 e. The molecule has 0 radical (unpaired) electrons. The molecule has 3 rings (SSSR count). The van der Waals surface area contributed by atoms with Crippen molar-refractivity contribution in [2.75, 3.05) is 25.6 Å². The highest BCUT2D eigenvalue weighted by Gasteiger charge is 2.35. The Bertz CT molecular complexity index is 780. The van der Waals surface area contributed by atoms with Gasteiger partial charge in [0, 0.05) is 7.11 Å². The van der Waals surface area contributed by atoms with Crippen LogP contribution in [-0.4, -0.2) is 41.1 Å². The Balaban J connectivity index is 2.13. The number of esters is 1. The zero-order valence-electron chi connectivity index (χ0n) is 14.7. The highest BCUT2D eigenvalue weighted by Crippen LogP contribution is 2.35. The number of rotatable bonds is 6. The quantitative estimate of drug-likeness (QED) is 0.812. The Morgan fingerprint density at radius 2 is 2.04 bits per heavy atom. The van der Waals surface area contributed by atoms with E-state index in [1.807, 2.05) is 12.1 Å². The summed E-state index contributed by atoms with van der Waals surface area (Å²) >= 11 is 0. The molecule has 1 N–H and O–H groups in total. The first-order valence-electron chi connectivity index (χ1n) is 8.34. The Morgan fingerprint density at radius 1 is 1.28 bits per heavy atom. The van der Waals surface area contributed by atoms with Crippen molar-refractivity contribution in [2.24, 2.45) is 0 Å². The van der Waals surface area contributed by atoms with Crippen LogP contribution in [0.5, 0.6) is 0 Å². The number of aryl methyl sites for hydroxylation is 1. The van der Waals surface area contributed by atoms with Gasteiger partial charge in [-0.1, -0.05) is 31.2 Å². The second-order valence-corrected chi connectivity index (χ2v) is 5.70. The maximum atomic E-state index is 12.7. The lowest BCUT2D eigenvalue weighted by Crippen LogP contribution is -2.31. The van der Waals surface area contributed by atoms with Crippen LogP contribution in [0.15, 0.2) is 41.9 Å². The van der Waals surface area contributed by atoms with Crippen LogP contribution in [-0.2, 0) is 20.7 Å². The first-order chi connectivity index (χ1) is 12.2. The Kier molecular flexibility index (Phi) is 5.14. The van der Waals surface area contributed by atoms with Crippen molar-refractivity contribution < 1.29 is 14.3 Å². The number of carbonyl (C=O) groups excluding carboxylic acids is 1. The molecule has 1 aliphatic heterocycles. The SMILES string of the molecule is CCOC(=O)C1=C(COC)Nc2ncnn2C1c1ccc(CC)cc1. The second kappa shape index (κ2) is 7.48. The van der Waals surface area contributed by atoms with Gasteiger partial charge in [0.2, 0.25) is 5.95 Å². The molecule has 0 bridgehead atoms. The largest absolute Gasteiger partial charge is 0.463 e. The Morgan fingerprint density at radius 3 is 2.68 bits per heavy atom. The topological polar surface area (TPSA) is 78.3 Å². The number of fused-ring (bicyclic) bond motifs is 1. The van der Waals surface area contributed by atoms with Crippen molar-refractivity contribution in [3.05, 3.63) is 53.0 Å². The molecule has 25 heavy (non-hydrogen) atoms. The molecule has 2 heterocycles. The van der Waals surface area contributed by atoms with Crippen LogP contribution in [0.2, 0.25) is 0 Å². The molecule has 7 heteroatoms. The number of aromatic nitrogens is 3. The van der Waals surface area contributed by atoms with Crippen molar-refractivity contribution in [1.82, 2.24) is 14.8 Å². The summed E-state index contributed by atoms with van der Waals surface area (Å²) in [6, 6.07) is 7.75. The molecule has 1 atom stereocenters. The fourth-order valence-electron chi connectivity index (χ4n) is 2.96. The molecule has 2 aromatic rings. The number of nitrogens with zero attached hydrogens (tertiary/aromatic N) is 3. The van der Waals surface area contributed by atoms with E-state index in [1.165, 1.54) is 11.9 Å². The van der Waals surface area contributed by atoms with E-state index in [1.54, 1.807) is 18.7 Å². The number of anilines is 1. The zero-order chi connectivity index (χ0) is 17.8. The van der Waals surface area contributed by atoms with Crippen molar-refractivity contribution >= 4 is 11.9 Å². The fourth-order valence-corrected chi connectivity index (χ4v) is 2.96. The summed E-state index contributed by atoms with van der Waals surface area (Å²) in [4.78, 5) is 16.9. The number of methoxy groups -OCH3 is 1. The van der Waals surface area contributed by atoms with Crippen LogP contribution in [0.3, 0.4) is 0 Å². The van der Waals surface area contributed by atoms with E-state index >= 15 is 0 Å². The van der Waals surface area contributed by atoms with Gasteiger partial charge in [0.1, 0.15) is 12.4 Å². The predicted molar refractivity (Wildman–Crippen MR) is 93.1 cm³/mol. The van der Waals surface area contributed by atoms with Gasteiger partial charge in [-0.25, -0.2) is 9.48 Å². The van der Waals surface area contributed by atoms with Gasteiger partial charge in [0.05, 0.1) is 24.5 Å². The summed E-state index contributed by atoms with van der Waals surface area (Å²) in [5.74, 6) is 0.192. The molecular weight excluding hydrogens is 320 g/mol. The van der Waals surface area contributed by atoms with Crippen LogP contribution in [0, 0.1) is 0 Å². The lowest BCUT2D eigenvalue weighted by atomic mass is 9.94. The van der Waals surface area contributed by atoms with Crippen LogP contribution in [0.4, 0.5) is 5.95 Å². The van der Waals surface area contributed by atoms with Crippen LogP contribution >= 0.6 is 0 Å². The normalized spacial score (nSPS) is 16.4. The molecule has 0 saturated heterocycles. The van der Waals surface area contributed by atoms with Gasteiger partial charge in [-0.2, -0.15) is 10.1 Å². The predicted octanol–water partition coefficient (Wildman–Crippen LogP) is 2.32. The maximum Gasteiger partial charge on any atom is 0.338 e. The Hall–Kier alpha value is -2.67. The van der Waals surface area contributed by atoms with E-state index in [-0.39, 0.29) is 12.6 Å². The van der Waals surface area contributed by atoms with Gasteiger partial charge in [-0.15, -0.1) is 0 Å². The van der Waals surface area contributed by atoms with Gasteiger partial charge < -0.3 is 14.8 Å². The molecule has 0 saturated carbocycles. The molecule has 7 nitrogen and oxygen atoms in total. The van der Waals surface area contributed by atoms with Gasteiger partial charge >= 0.3 is 5.97 Å². The lowest BCUT2D eigenvalue weighted by molar-refractivity contribution is -0.139. The molecule has 132 valence electrons. The fraction of sp³-hybridized carbons (Fsp3) is 0.389. The molecule has 1 unspecified atom stereocenters. The smallest absolute Gasteiger partial charge is 0.338 e. The third kappa shape index (κ3) is 3.28. The van der Waals surface area contributed by atoms with Gasteiger partial charge in [-0.3, -0.25) is 0 Å². The number of ether oxygens (including phenoxy) is 2. The van der Waals surface area contributed by atoms with Crippen LogP contribution in [0.25, 0.3) is 0 Å². The number of nitrogens with one attached hydrogen (secondary N) is 1. The second-order valence-electron chi connectivity index (χ2n) is 5.70. The van der Waals surface area contributed by atoms with Crippen LogP contribution < -0.4 is 5.32 Å². The number of benzene rings is 1. The van der Waals surface area contributed by atoms with Crippen molar-refractivity contribution in [3.8, 4) is 0 Å². The minimum atomic E-state index is -0.408. The van der Waals surface area contributed by atoms with Crippen molar-refractivity contribution in [3.63, 3.8) is 0 Å². The molecule has 1 aromatic heterocycles. The summed E-state index contributed by atoms with van der Waals surface area (Å²) in [5, 5.41) is 7.44. The molecule has 0 aliphatic carbocycles. The molecule has 1 aromatic carbocycles. The maximum absolute atomic E-state index is 12.7. The van der Waals surface area contributed by atoms with Crippen molar-refractivity contribution in [1.29, 1.82) is 0 Å². The minimum absolute atomic E-state index is 0.255. The molecular formula is C18H22N4O3. The monoisotopic (exact) mass is 342 g/mol. The van der Waals surface area contributed by atoms with E-state index in [0.29, 0.717) is 23.8 Å². The zero-order valence-corrected chi connectivity index (χ0v) is 14.7. The average molecular weight is 342 g/mol. The highest BCUT2D eigenvalue weighted by atomic mass is 16.5. The van der Waals surface area contributed by atoms with E-state index in [4.69, 9.17) is 9.47 Å². The van der Waals surface area contributed by atoms with Gasteiger partial charge in [0.15, 0.2) is 0 Å².